The van der Waals surface area contributed by atoms with Crippen LogP contribution in [-0.2, 0) is 14.3 Å². The highest BCUT2D eigenvalue weighted by Gasteiger charge is 2.42. The van der Waals surface area contributed by atoms with Crippen molar-refractivity contribution in [2.24, 2.45) is 0 Å². The number of carbonyl (C=O) groups excluding carboxylic acids is 2. The molecule has 0 N–H and O–H groups in total. The maximum atomic E-state index is 12.6. The van der Waals surface area contributed by atoms with Gasteiger partial charge >= 0.3 is 24.3 Å². The van der Waals surface area contributed by atoms with Crippen LogP contribution in [0.2, 0.25) is 0 Å². The molecule has 140 valence electrons. The fourth-order valence-corrected chi connectivity index (χ4v) is 2.15. The van der Waals surface area contributed by atoms with Gasteiger partial charge in [-0.15, -0.1) is 0 Å². The Kier molecular flexibility index (Phi) is 6.54. The van der Waals surface area contributed by atoms with Crippen molar-refractivity contribution in [3.05, 3.63) is 42.5 Å². The molecule has 0 radical (unpaired) electrons. The van der Waals surface area contributed by atoms with Crippen molar-refractivity contribution >= 4 is 22.7 Å². The van der Waals surface area contributed by atoms with Gasteiger partial charge in [0.1, 0.15) is 5.75 Å². The van der Waals surface area contributed by atoms with Crippen LogP contribution in [0.15, 0.2) is 42.5 Å². The third kappa shape index (κ3) is 5.44. The molecule has 0 amide bonds. The van der Waals surface area contributed by atoms with Crippen LogP contribution < -0.4 is 4.74 Å². The first-order valence-electron chi connectivity index (χ1n) is 7.79. The molecule has 0 fully saturated rings. The minimum absolute atomic E-state index is 0.0112. The lowest BCUT2D eigenvalue weighted by atomic mass is 10.1. The molecule has 0 spiro atoms. The summed E-state index contributed by atoms with van der Waals surface area (Å²) in [5.74, 6) is -5.70. The van der Waals surface area contributed by atoms with E-state index in [-0.39, 0.29) is 19.3 Å². The van der Waals surface area contributed by atoms with Crippen LogP contribution in [0, 0.1) is 0 Å². The summed E-state index contributed by atoms with van der Waals surface area (Å²) in [6, 6.07) is 12.5. The molecule has 0 aromatic heterocycles. The molecule has 26 heavy (non-hydrogen) atoms. The second kappa shape index (κ2) is 8.64. The molecule has 0 aliphatic carbocycles. The van der Waals surface area contributed by atoms with Crippen LogP contribution in [0.3, 0.4) is 0 Å². The van der Waals surface area contributed by atoms with E-state index in [2.05, 4.69) is 4.74 Å². The quantitative estimate of drug-likeness (QED) is 0.393. The molecule has 2 rings (SSSR count). The Bertz CT molecular complexity index is 771. The maximum Gasteiger partial charge on any atom is 0.340 e. The van der Waals surface area contributed by atoms with E-state index >= 15 is 0 Å². The molecule has 0 bridgehead atoms. The Hall–Kier alpha value is -2.64. The average Bonchev–Trinajstić information content (AvgIpc) is 2.60. The van der Waals surface area contributed by atoms with Crippen LogP contribution >= 0.6 is 0 Å². The number of fused-ring (bicyclic) bond motifs is 1. The van der Waals surface area contributed by atoms with Gasteiger partial charge in [-0.05, 0) is 17.9 Å². The molecule has 2 aromatic rings. The summed E-state index contributed by atoms with van der Waals surface area (Å²) in [7, 11) is 0. The molecule has 8 heteroatoms. The van der Waals surface area contributed by atoms with Gasteiger partial charge < -0.3 is 9.47 Å². The fraction of sp³-hybridized carbons (Fsp3) is 0.333. The highest BCUT2D eigenvalue weighted by atomic mass is 19.3. The van der Waals surface area contributed by atoms with Crippen molar-refractivity contribution in [1.82, 2.24) is 0 Å². The summed E-state index contributed by atoms with van der Waals surface area (Å²) in [6.07, 6.45) is -4.43. The number of hydrogen-bond acceptors (Lipinski definition) is 4. The van der Waals surface area contributed by atoms with Crippen LogP contribution in [-0.4, -0.2) is 30.9 Å². The minimum Gasteiger partial charge on any atom is -0.459 e. The standard InChI is InChI=1S/C18H16F4O4/c19-17(20)18(21,22)11-25-15(23)9-4-10-16(24)26-14-8-3-6-12-5-1-2-7-13(12)14/h1-3,5-8,17H,4,9-11H2. The van der Waals surface area contributed by atoms with Gasteiger partial charge in [0.05, 0.1) is 0 Å². The average molecular weight is 372 g/mol. The Morgan fingerprint density at radius 2 is 1.62 bits per heavy atom. The van der Waals surface area contributed by atoms with Crippen molar-refractivity contribution in [3.8, 4) is 5.75 Å². The van der Waals surface area contributed by atoms with E-state index in [1.54, 1.807) is 24.3 Å². The summed E-state index contributed by atoms with van der Waals surface area (Å²) in [4.78, 5) is 23.1. The van der Waals surface area contributed by atoms with Crippen molar-refractivity contribution in [2.75, 3.05) is 6.61 Å². The first-order valence-corrected chi connectivity index (χ1v) is 7.79. The highest BCUT2D eigenvalue weighted by Crippen LogP contribution is 2.26. The molecule has 0 aliphatic heterocycles. The van der Waals surface area contributed by atoms with Gasteiger partial charge in [0, 0.05) is 18.2 Å². The lowest BCUT2D eigenvalue weighted by molar-refractivity contribution is -0.179. The fourth-order valence-electron chi connectivity index (χ4n) is 2.15. The van der Waals surface area contributed by atoms with Crippen LogP contribution in [0.4, 0.5) is 17.6 Å². The molecular weight excluding hydrogens is 356 g/mol. The highest BCUT2D eigenvalue weighted by molar-refractivity contribution is 5.90. The smallest absolute Gasteiger partial charge is 0.340 e. The van der Waals surface area contributed by atoms with E-state index in [0.29, 0.717) is 5.75 Å². The van der Waals surface area contributed by atoms with Gasteiger partial charge in [-0.1, -0.05) is 36.4 Å². The monoisotopic (exact) mass is 372 g/mol. The lowest BCUT2D eigenvalue weighted by Crippen LogP contribution is -2.33. The van der Waals surface area contributed by atoms with E-state index in [9.17, 15) is 27.2 Å². The van der Waals surface area contributed by atoms with E-state index in [1.807, 2.05) is 18.2 Å². The number of carbonyl (C=O) groups is 2. The van der Waals surface area contributed by atoms with Gasteiger partial charge in [0.2, 0.25) is 0 Å². The molecule has 2 aromatic carbocycles. The summed E-state index contributed by atoms with van der Waals surface area (Å²) in [6.45, 7) is -1.69. The summed E-state index contributed by atoms with van der Waals surface area (Å²) in [5.41, 5.74) is 0. The minimum atomic E-state index is -4.39. The molecule has 0 unspecified atom stereocenters. The Balaban J connectivity index is 1.78. The van der Waals surface area contributed by atoms with Gasteiger partial charge in [-0.2, -0.15) is 8.78 Å². The Morgan fingerprint density at radius 1 is 0.962 bits per heavy atom. The van der Waals surface area contributed by atoms with Gasteiger partial charge in [0.25, 0.3) is 0 Å². The van der Waals surface area contributed by atoms with E-state index in [4.69, 9.17) is 4.74 Å². The molecule has 0 atom stereocenters. The summed E-state index contributed by atoms with van der Waals surface area (Å²) < 4.78 is 58.5. The zero-order valence-corrected chi connectivity index (χ0v) is 13.6. The topological polar surface area (TPSA) is 52.6 Å². The second-order valence-corrected chi connectivity index (χ2v) is 5.53. The number of alkyl halides is 4. The predicted octanol–water partition coefficient (Wildman–Crippen LogP) is 4.36. The number of ether oxygens (including phenoxy) is 2. The molecular formula is C18H16F4O4. The normalized spacial score (nSPS) is 11.6. The third-order valence-corrected chi connectivity index (χ3v) is 3.48. The largest absolute Gasteiger partial charge is 0.459 e. The Morgan fingerprint density at radius 3 is 2.35 bits per heavy atom. The first-order chi connectivity index (χ1) is 12.3. The molecule has 0 saturated carbocycles. The number of rotatable bonds is 8. The van der Waals surface area contributed by atoms with Crippen LogP contribution in [0.1, 0.15) is 19.3 Å². The van der Waals surface area contributed by atoms with Crippen molar-refractivity contribution in [1.29, 1.82) is 0 Å². The Labute approximate surface area is 146 Å². The molecule has 0 aliphatic rings. The van der Waals surface area contributed by atoms with Crippen molar-refractivity contribution in [3.63, 3.8) is 0 Å². The third-order valence-electron chi connectivity index (χ3n) is 3.48. The van der Waals surface area contributed by atoms with E-state index < -0.39 is 30.9 Å². The number of benzene rings is 2. The number of esters is 2. The predicted molar refractivity (Wildman–Crippen MR) is 85.3 cm³/mol. The molecule has 0 heterocycles. The molecule has 4 nitrogen and oxygen atoms in total. The zero-order valence-electron chi connectivity index (χ0n) is 13.6. The second-order valence-electron chi connectivity index (χ2n) is 5.53. The van der Waals surface area contributed by atoms with Crippen LogP contribution in [0.5, 0.6) is 5.75 Å². The summed E-state index contributed by atoms with van der Waals surface area (Å²) in [5, 5.41) is 1.64. The lowest BCUT2D eigenvalue weighted by Gasteiger charge is -2.14. The number of hydrogen-bond donors (Lipinski definition) is 0. The van der Waals surface area contributed by atoms with Gasteiger partial charge in [-0.3, -0.25) is 9.59 Å². The van der Waals surface area contributed by atoms with Gasteiger partial charge in [0.15, 0.2) is 6.61 Å². The zero-order chi connectivity index (χ0) is 19.2. The van der Waals surface area contributed by atoms with Crippen molar-refractivity contribution < 1.29 is 36.6 Å². The first kappa shape index (κ1) is 19.7. The van der Waals surface area contributed by atoms with Gasteiger partial charge in [-0.25, -0.2) is 8.78 Å². The SMILES string of the molecule is O=C(CCCC(=O)Oc1cccc2ccccc12)OCC(F)(F)C(F)F. The molecule has 0 saturated heterocycles. The number of halogens is 4. The van der Waals surface area contributed by atoms with Crippen LogP contribution in [0.25, 0.3) is 10.8 Å². The van der Waals surface area contributed by atoms with E-state index in [0.717, 1.165) is 10.8 Å². The summed E-state index contributed by atoms with van der Waals surface area (Å²) >= 11 is 0. The maximum absolute atomic E-state index is 12.6. The van der Waals surface area contributed by atoms with E-state index in [1.165, 1.54) is 0 Å². The van der Waals surface area contributed by atoms with Crippen molar-refractivity contribution in [2.45, 2.75) is 31.6 Å².